The van der Waals surface area contributed by atoms with Crippen LogP contribution in [-0.2, 0) is 20.7 Å². The SMILES string of the molecule is COc1ccc(CCC(=O)OCC(=O)N[C@@H](c2ccc3c(c2)OCCO3)C(C)C)cc1. The number of aryl methyl sites for hydroxylation is 1. The average Bonchev–Trinajstić information content (AvgIpc) is 2.79. The Morgan fingerprint density at radius 2 is 1.74 bits per heavy atom. The lowest BCUT2D eigenvalue weighted by molar-refractivity contribution is -0.148. The highest BCUT2D eigenvalue weighted by molar-refractivity contribution is 5.81. The standard InChI is InChI=1S/C24H29NO6/c1-16(2)24(18-7-10-20-21(14-18)30-13-12-29-20)25-22(26)15-31-23(27)11-6-17-4-8-19(28-3)9-5-17/h4-5,7-10,14,16,24H,6,11-13,15H2,1-3H3,(H,25,26)/t24-/m1/s1. The number of rotatable bonds is 9. The highest BCUT2D eigenvalue weighted by Gasteiger charge is 2.22. The van der Waals surface area contributed by atoms with E-state index < -0.39 is 5.97 Å². The van der Waals surface area contributed by atoms with Gasteiger partial charge in [0.2, 0.25) is 0 Å². The summed E-state index contributed by atoms with van der Waals surface area (Å²) in [4.78, 5) is 24.4. The third-order valence-electron chi connectivity index (χ3n) is 5.05. The Bertz CT molecular complexity index is 893. The minimum absolute atomic E-state index is 0.136. The van der Waals surface area contributed by atoms with E-state index in [9.17, 15) is 9.59 Å². The molecule has 0 radical (unpaired) electrons. The number of ether oxygens (including phenoxy) is 4. The Kier molecular flexibility index (Phi) is 7.76. The molecule has 7 nitrogen and oxygen atoms in total. The molecule has 166 valence electrons. The van der Waals surface area contributed by atoms with E-state index in [0.717, 1.165) is 16.9 Å². The van der Waals surface area contributed by atoms with E-state index in [2.05, 4.69) is 5.32 Å². The number of carbonyl (C=O) groups is 2. The molecule has 2 aromatic rings. The van der Waals surface area contributed by atoms with Crippen molar-refractivity contribution >= 4 is 11.9 Å². The number of carbonyl (C=O) groups excluding carboxylic acids is 2. The van der Waals surface area contributed by atoms with Crippen molar-refractivity contribution in [2.24, 2.45) is 5.92 Å². The molecule has 0 bridgehead atoms. The van der Waals surface area contributed by atoms with E-state index in [0.29, 0.717) is 31.1 Å². The van der Waals surface area contributed by atoms with Crippen LogP contribution < -0.4 is 19.5 Å². The fourth-order valence-electron chi connectivity index (χ4n) is 3.36. The van der Waals surface area contributed by atoms with Gasteiger partial charge in [-0.3, -0.25) is 9.59 Å². The summed E-state index contributed by atoms with van der Waals surface area (Å²) in [6.45, 7) is 4.75. The normalized spacial score (nSPS) is 13.4. The zero-order valence-corrected chi connectivity index (χ0v) is 18.2. The van der Waals surface area contributed by atoms with Crippen molar-refractivity contribution in [1.29, 1.82) is 0 Å². The molecule has 7 heteroatoms. The number of hydrogen-bond acceptors (Lipinski definition) is 6. The number of methoxy groups -OCH3 is 1. The van der Waals surface area contributed by atoms with Gasteiger partial charge in [-0.05, 0) is 47.7 Å². The van der Waals surface area contributed by atoms with Crippen LogP contribution in [0.15, 0.2) is 42.5 Å². The van der Waals surface area contributed by atoms with Crippen molar-refractivity contribution in [3.05, 3.63) is 53.6 Å². The van der Waals surface area contributed by atoms with Crippen molar-refractivity contribution in [3.8, 4) is 17.2 Å². The molecule has 0 spiro atoms. The van der Waals surface area contributed by atoms with E-state index in [1.165, 1.54) is 0 Å². The summed E-state index contributed by atoms with van der Waals surface area (Å²) in [6.07, 6.45) is 0.742. The summed E-state index contributed by atoms with van der Waals surface area (Å²) >= 11 is 0. The van der Waals surface area contributed by atoms with Crippen LogP contribution in [0.5, 0.6) is 17.2 Å². The fourth-order valence-corrected chi connectivity index (χ4v) is 3.36. The van der Waals surface area contributed by atoms with Gasteiger partial charge >= 0.3 is 5.97 Å². The summed E-state index contributed by atoms with van der Waals surface area (Å²) in [7, 11) is 1.61. The van der Waals surface area contributed by atoms with Crippen molar-refractivity contribution in [1.82, 2.24) is 5.32 Å². The van der Waals surface area contributed by atoms with E-state index in [1.54, 1.807) is 7.11 Å². The van der Waals surface area contributed by atoms with Gasteiger partial charge < -0.3 is 24.3 Å². The van der Waals surface area contributed by atoms with Crippen molar-refractivity contribution in [2.75, 3.05) is 26.9 Å². The van der Waals surface area contributed by atoms with Crippen LogP contribution in [0.1, 0.15) is 37.4 Å². The lowest BCUT2D eigenvalue weighted by Gasteiger charge is -2.25. The fraction of sp³-hybridized carbons (Fsp3) is 0.417. The second-order valence-corrected chi connectivity index (χ2v) is 7.70. The van der Waals surface area contributed by atoms with E-state index in [-0.39, 0.29) is 30.9 Å². The molecule has 3 rings (SSSR count). The largest absolute Gasteiger partial charge is 0.497 e. The zero-order valence-electron chi connectivity index (χ0n) is 18.2. The van der Waals surface area contributed by atoms with Crippen LogP contribution in [0, 0.1) is 5.92 Å². The molecule has 2 aromatic carbocycles. The van der Waals surface area contributed by atoms with Crippen LogP contribution in [-0.4, -0.2) is 38.8 Å². The van der Waals surface area contributed by atoms with Crippen LogP contribution in [0.3, 0.4) is 0 Å². The number of benzene rings is 2. The zero-order chi connectivity index (χ0) is 22.2. The van der Waals surface area contributed by atoms with Gasteiger partial charge in [-0.15, -0.1) is 0 Å². The molecule has 1 aliphatic rings. The van der Waals surface area contributed by atoms with Crippen molar-refractivity contribution < 1.29 is 28.5 Å². The third kappa shape index (κ3) is 6.38. The lowest BCUT2D eigenvalue weighted by atomic mass is 9.95. The lowest BCUT2D eigenvalue weighted by Crippen LogP contribution is -2.35. The van der Waals surface area contributed by atoms with Gasteiger partial charge in [0.25, 0.3) is 5.91 Å². The van der Waals surface area contributed by atoms with Gasteiger partial charge in [-0.25, -0.2) is 0 Å². The first kappa shape index (κ1) is 22.5. The van der Waals surface area contributed by atoms with Crippen LogP contribution in [0.25, 0.3) is 0 Å². The number of nitrogens with one attached hydrogen (secondary N) is 1. The average molecular weight is 427 g/mol. The molecule has 1 atom stereocenters. The van der Waals surface area contributed by atoms with E-state index in [1.807, 2.05) is 56.3 Å². The maximum Gasteiger partial charge on any atom is 0.306 e. The molecule has 0 saturated heterocycles. The Morgan fingerprint density at radius 3 is 2.42 bits per heavy atom. The van der Waals surface area contributed by atoms with Gasteiger partial charge in [0.05, 0.1) is 13.2 Å². The summed E-state index contributed by atoms with van der Waals surface area (Å²) in [5.41, 5.74) is 1.92. The first-order chi connectivity index (χ1) is 15.0. The van der Waals surface area contributed by atoms with Crippen molar-refractivity contribution in [2.45, 2.75) is 32.7 Å². The first-order valence-corrected chi connectivity index (χ1v) is 10.4. The van der Waals surface area contributed by atoms with Gasteiger partial charge in [-0.2, -0.15) is 0 Å². The Labute approximate surface area is 182 Å². The predicted molar refractivity (Wildman–Crippen MR) is 115 cm³/mol. The molecule has 0 aliphatic carbocycles. The molecular weight excluding hydrogens is 398 g/mol. The smallest absolute Gasteiger partial charge is 0.306 e. The highest BCUT2D eigenvalue weighted by atomic mass is 16.6. The second-order valence-electron chi connectivity index (χ2n) is 7.70. The minimum Gasteiger partial charge on any atom is -0.497 e. The monoisotopic (exact) mass is 427 g/mol. The molecule has 1 heterocycles. The number of esters is 1. The molecule has 1 amide bonds. The molecule has 31 heavy (non-hydrogen) atoms. The first-order valence-electron chi connectivity index (χ1n) is 10.4. The molecule has 1 aliphatic heterocycles. The van der Waals surface area contributed by atoms with E-state index in [4.69, 9.17) is 18.9 Å². The topological polar surface area (TPSA) is 83.1 Å². The Balaban J connectivity index is 1.49. The van der Waals surface area contributed by atoms with Gasteiger partial charge in [0.1, 0.15) is 19.0 Å². The number of fused-ring (bicyclic) bond motifs is 1. The van der Waals surface area contributed by atoms with Crippen LogP contribution in [0.4, 0.5) is 0 Å². The van der Waals surface area contributed by atoms with Gasteiger partial charge in [-0.1, -0.05) is 32.0 Å². The van der Waals surface area contributed by atoms with Gasteiger partial charge in [0.15, 0.2) is 18.1 Å². The summed E-state index contributed by atoms with van der Waals surface area (Å²) in [5.74, 6) is 1.53. The molecule has 0 fully saturated rings. The third-order valence-corrected chi connectivity index (χ3v) is 5.05. The summed E-state index contributed by atoms with van der Waals surface area (Å²) in [5, 5.41) is 2.95. The van der Waals surface area contributed by atoms with Crippen molar-refractivity contribution in [3.63, 3.8) is 0 Å². The number of amides is 1. The maximum absolute atomic E-state index is 12.4. The molecule has 0 aromatic heterocycles. The number of hydrogen-bond donors (Lipinski definition) is 1. The molecule has 0 unspecified atom stereocenters. The van der Waals surface area contributed by atoms with E-state index >= 15 is 0 Å². The summed E-state index contributed by atoms with van der Waals surface area (Å²) in [6, 6.07) is 12.9. The highest BCUT2D eigenvalue weighted by Crippen LogP contribution is 2.34. The Hall–Kier alpha value is -3.22. The minimum atomic E-state index is -0.411. The Morgan fingerprint density at radius 1 is 1.03 bits per heavy atom. The molecule has 0 saturated carbocycles. The predicted octanol–water partition coefficient (Wildman–Crippen LogP) is 3.46. The van der Waals surface area contributed by atoms with Crippen LogP contribution >= 0.6 is 0 Å². The van der Waals surface area contributed by atoms with Crippen LogP contribution in [0.2, 0.25) is 0 Å². The second kappa shape index (κ2) is 10.7. The summed E-state index contributed by atoms with van der Waals surface area (Å²) < 4.78 is 21.5. The quantitative estimate of drug-likeness (QED) is 0.617. The molecule has 1 N–H and O–H groups in total. The van der Waals surface area contributed by atoms with Gasteiger partial charge in [0, 0.05) is 6.42 Å². The maximum atomic E-state index is 12.4. The molecular formula is C24H29NO6.